The van der Waals surface area contributed by atoms with E-state index in [4.69, 9.17) is 41.5 Å². The molecule has 1 aromatic carbocycles. The van der Waals surface area contributed by atoms with Crippen molar-refractivity contribution in [1.29, 1.82) is 0 Å². The topological polar surface area (TPSA) is 48.1 Å². The van der Waals surface area contributed by atoms with Crippen molar-refractivity contribution in [2.24, 2.45) is 0 Å². The first-order valence-electron chi connectivity index (χ1n) is 5.71. The lowest BCUT2D eigenvalue weighted by Crippen LogP contribution is -2.11. The Balaban J connectivity index is 2.35. The van der Waals surface area contributed by atoms with Gasteiger partial charge in [0.2, 0.25) is 0 Å². The highest BCUT2D eigenvalue weighted by molar-refractivity contribution is 6.36. The van der Waals surface area contributed by atoms with Crippen LogP contribution >= 0.6 is 23.2 Å². The van der Waals surface area contributed by atoms with Crippen LogP contribution in [0.3, 0.4) is 0 Å². The van der Waals surface area contributed by atoms with Gasteiger partial charge in [0.1, 0.15) is 19.8 Å². The molecule has 1 atom stereocenters. The van der Waals surface area contributed by atoms with Gasteiger partial charge < -0.3 is 10.5 Å². The van der Waals surface area contributed by atoms with Gasteiger partial charge in [-0.2, -0.15) is 0 Å². The zero-order valence-corrected chi connectivity index (χ0v) is 12.0. The molecule has 0 saturated carbocycles. The average molecular weight is 311 g/mol. The lowest BCUT2D eigenvalue weighted by atomic mass is 9.99. The molecule has 1 heterocycles. The lowest BCUT2D eigenvalue weighted by Gasteiger charge is -2.19. The fourth-order valence-corrected chi connectivity index (χ4v) is 2.41. The third-order valence-corrected chi connectivity index (χ3v) is 3.41. The van der Waals surface area contributed by atoms with Crippen LogP contribution < -0.4 is 15.9 Å². The average Bonchev–Trinajstić information content (AvgIpc) is 2.39. The molecule has 102 valence electrons. The second-order valence-corrected chi connectivity index (χ2v) is 4.95. The summed E-state index contributed by atoms with van der Waals surface area (Å²) in [6, 6.07) is 4.14. The Labute approximate surface area is 127 Å². The van der Waals surface area contributed by atoms with Crippen molar-refractivity contribution in [3.63, 3.8) is 0 Å². The molecule has 0 aliphatic rings. The van der Waals surface area contributed by atoms with Gasteiger partial charge in [-0.05, 0) is 25.1 Å². The molecule has 2 radical (unpaired) electrons. The Morgan fingerprint density at radius 3 is 2.80 bits per heavy atom. The van der Waals surface area contributed by atoms with E-state index in [1.165, 1.54) is 24.4 Å². The Morgan fingerprint density at radius 2 is 2.10 bits per heavy atom. The summed E-state index contributed by atoms with van der Waals surface area (Å²) >= 11 is 12.0. The molecule has 1 unspecified atom stereocenters. The number of hydrogen-bond donors (Lipinski definition) is 1. The van der Waals surface area contributed by atoms with Gasteiger partial charge in [-0.15, -0.1) is 0 Å². The van der Waals surface area contributed by atoms with E-state index in [2.05, 4.69) is 4.98 Å². The first kappa shape index (κ1) is 14.9. The molecule has 0 spiro atoms. The summed E-state index contributed by atoms with van der Waals surface area (Å²) in [7, 11) is 5.62. The number of nitrogens with zero attached hydrogens (tertiary/aromatic N) is 1. The number of aromatic nitrogens is 1. The van der Waals surface area contributed by atoms with Gasteiger partial charge in [0.05, 0.1) is 5.02 Å². The second-order valence-electron chi connectivity index (χ2n) is 4.17. The van der Waals surface area contributed by atoms with Crippen LogP contribution in [0.2, 0.25) is 10.0 Å². The highest BCUT2D eigenvalue weighted by Gasteiger charge is 2.19. The Morgan fingerprint density at radius 1 is 1.40 bits per heavy atom. The molecular formula is C13H10BCl2FN2O. The predicted molar refractivity (Wildman–Crippen MR) is 79.5 cm³/mol. The Bertz CT molecular complexity index is 655. The molecule has 3 nitrogen and oxygen atoms in total. The number of anilines is 1. The quantitative estimate of drug-likeness (QED) is 0.700. The highest BCUT2D eigenvalue weighted by atomic mass is 35.5. The maximum Gasteiger partial charge on any atom is 0.166 e. The molecule has 0 aliphatic carbocycles. The summed E-state index contributed by atoms with van der Waals surface area (Å²) in [6.45, 7) is 1.68. The van der Waals surface area contributed by atoms with Gasteiger partial charge in [-0.3, -0.25) is 0 Å². The van der Waals surface area contributed by atoms with Crippen molar-refractivity contribution >= 4 is 42.3 Å². The van der Waals surface area contributed by atoms with E-state index in [-0.39, 0.29) is 16.6 Å². The van der Waals surface area contributed by atoms with Gasteiger partial charge in [-0.1, -0.05) is 28.7 Å². The second kappa shape index (κ2) is 5.89. The maximum absolute atomic E-state index is 13.5. The van der Waals surface area contributed by atoms with Crippen molar-refractivity contribution in [3.05, 3.63) is 45.8 Å². The first-order valence-corrected chi connectivity index (χ1v) is 6.46. The van der Waals surface area contributed by atoms with Crippen LogP contribution in [-0.2, 0) is 0 Å². The smallest absolute Gasteiger partial charge is 0.166 e. The molecule has 0 saturated heterocycles. The highest BCUT2D eigenvalue weighted by Crippen LogP contribution is 2.35. The Hall–Kier alpha value is -1.46. The molecule has 0 fully saturated rings. The fraction of sp³-hybridized carbons (Fsp3) is 0.154. The van der Waals surface area contributed by atoms with Crippen LogP contribution in [0.25, 0.3) is 0 Å². The minimum Gasteiger partial charge on any atom is -0.482 e. The number of benzene rings is 1. The number of pyridine rings is 1. The summed E-state index contributed by atoms with van der Waals surface area (Å²) in [4.78, 5) is 3.88. The van der Waals surface area contributed by atoms with E-state index >= 15 is 0 Å². The van der Waals surface area contributed by atoms with Gasteiger partial charge in [0.25, 0.3) is 0 Å². The van der Waals surface area contributed by atoms with Gasteiger partial charge in [0, 0.05) is 16.8 Å². The predicted octanol–water partition coefficient (Wildman–Crippen LogP) is 3.04. The molecule has 0 amide bonds. The van der Waals surface area contributed by atoms with Gasteiger partial charge in [0.15, 0.2) is 11.6 Å². The maximum atomic E-state index is 13.5. The van der Waals surface area contributed by atoms with Crippen LogP contribution in [0.1, 0.15) is 18.6 Å². The monoisotopic (exact) mass is 310 g/mol. The first-order chi connectivity index (χ1) is 9.40. The number of halogens is 3. The van der Waals surface area contributed by atoms with Crippen LogP contribution in [0.15, 0.2) is 24.4 Å². The van der Waals surface area contributed by atoms with Crippen molar-refractivity contribution in [2.75, 3.05) is 5.73 Å². The van der Waals surface area contributed by atoms with E-state index in [9.17, 15) is 4.39 Å². The van der Waals surface area contributed by atoms with Gasteiger partial charge >= 0.3 is 0 Å². The SMILES string of the molecule is [B]c1cnc(N)c(OC(C)c2c(Cl)ccc(F)c2Cl)c1. The largest absolute Gasteiger partial charge is 0.482 e. The number of rotatable bonds is 3. The molecule has 0 bridgehead atoms. The number of nitrogens with two attached hydrogens (primary N) is 1. The zero-order valence-electron chi connectivity index (χ0n) is 10.5. The molecule has 1 aromatic heterocycles. The summed E-state index contributed by atoms with van der Waals surface area (Å²) in [5.41, 5.74) is 6.43. The van der Waals surface area contributed by atoms with Crippen molar-refractivity contribution in [1.82, 2.24) is 4.98 Å². The molecule has 2 N–H and O–H groups in total. The zero-order chi connectivity index (χ0) is 14.9. The molecule has 20 heavy (non-hydrogen) atoms. The number of hydrogen-bond acceptors (Lipinski definition) is 3. The van der Waals surface area contributed by atoms with Crippen LogP contribution in [0, 0.1) is 5.82 Å². The van der Waals surface area contributed by atoms with Crippen molar-refractivity contribution < 1.29 is 9.13 Å². The summed E-state index contributed by atoms with van der Waals surface area (Å²) < 4.78 is 19.1. The third kappa shape index (κ3) is 2.99. The molecule has 2 rings (SSSR count). The minimum atomic E-state index is -0.614. The van der Waals surface area contributed by atoms with Crippen LogP contribution in [0.4, 0.5) is 10.2 Å². The van der Waals surface area contributed by atoms with E-state index in [1.54, 1.807) is 6.92 Å². The molecule has 0 aliphatic heterocycles. The lowest BCUT2D eigenvalue weighted by molar-refractivity contribution is 0.227. The third-order valence-electron chi connectivity index (χ3n) is 2.69. The van der Waals surface area contributed by atoms with Crippen LogP contribution in [-0.4, -0.2) is 12.8 Å². The van der Waals surface area contributed by atoms with E-state index < -0.39 is 11.9 Å². The minimum absolute atomic E-state index is 0.0829. The van der Waals surface area contributed by atoms with E-state index in [0.29, 0.717) is 16.0 Å². The fourth-order valence-electron chi connectivity index (χ4n) is 1.73. The van der Waals surface area contributed by atoms with Crippen molar-refractivity contribution in [3.8, 4) is 5.75 Å². The summed E-state index contributed by atoms with van der Waals surface area (Å²) in [5, 5.41) is 0.222. The molecule has 2 aromatic rings. The summed E-state index contributed by atoms with van der Waals surface area (Å²) in [6.07, 6.45) is 0.797. The summed E-state index contributed by atoms with van der Waals surface area (Å²) in [5.74, 6) is -0.108. The molecular weight excluding hydrogens is 301 g/mol. The van der Waals surface area contributed by atoms with E-state index in [1.807, 2.05) is 0 Å². The van der Waals surface area contributed by atoms with Gasteiger partial charge in [-0.25, -0.2) is 9.37 Å². The normalized spacial score (nSPS) is 12.2. The van der Waals surface area contributed by atoms with E-state index in [0.717, 1.165) is 0 Å². The van der Waals surface area contributed by atoms with Crippen LogP contribution in [0.5, 0.6) is 5.75 Å². The van der Waals surface area contributed by atoms with Crippen molar-refractivity contribution in [2.45, 2.75) is 13.0 Å². The number of nitrogen functional groups attached to an aromatic ring is 1. The number of ether oxygens (including phenoxy) is 1. The standard InChI is InChI=1S/C13H10BCl2FN2O/c1-6(11-8(15)2-3-9(17)12(11)16)20-10-4-7(14)5-19-13(10)18/h2-6H,1H3,(H2,18,19). The Kier molecular flexibility index (Phi) is 4.40. The molecule has 7 heteroatoms.